The van der Waals surface area contributed by atoms with Gasteiger partial charge in [-0.2, -0.15) is 0 Å². The second kappa shape index (κ2) is 3.62. The van der Waals surface area contributed by atoms with Crippen molar-refractivity contribution in [3.8, 4) is 0 Å². The van der Waals surface area contributed by atoms with Gasteiger partial charge in [-0.15, -0.1) is 11.6 Å². The van der Waals surface area contributed by atoms with Crippen LogP contribution >= 0.6 is 11.6 Å². The maximum Gasteiger partial charge on any atom is 0.240 e. The Bertz CT molecular complexity index is 337. The fourth-order valence-corrected chi connectivity index (χ4v) is 1.88. The molecule has 1 atom stereocenters. The van der Waals surface area contributed by atoms with Gasteiger partial charge in [-0.3, -0.25) is 4.79 Å². The van der Waals surface area contributed by atoms with Gasteiger partial charge in [0.2, 0.25) is 5.91 Å². The molecule has 1 aromatic carbocycles. The lowest BCUT2D eigenvalue weighted by Crippen LogP contribution is -2.30. The Morgan fingerprint density at radius 2 is 1.86 bits per heavy atom. The molecule has 0 bridgehead atoms. The summed E-state index contributed by atoms with van der Waals surface area (Å²) in [6.45, 7) is 3.12. The summed E-state index contributed by atoms with van der Waals surface area (Å²) < 4.78 is 0. The first-order valence-corrected chi connectivity index (χ1v) is 5.12. The molecule has 3 heteroatoms. The van der Waals surface area contributed by atoms with Gasteiger partial charge in [0, 0.05) is 13.1 Å². The van der Waals surface area contributed by atoms with Crippen molar-refractivity contribution >= 4 is 17.5 Å². The molecule has 0 aliphatic carbocycles. The molecule has 14 heavy (non-hydrogen) atoms. The van der Waals surface area contributed by atoms with Crippen LogP contribution in [0.3, 0.4) is 0 Å². The van der Waals surface area contributed by atoms with E-state index in [-0.39, 0.29) is 5.91 Å². The van der Waals surface area contributed by atoms with Crippen molar-refractivity contribution in [3.63, 3.8) is 0 Å². The minimum Gasteiger partial charge on any atom is -0.333 e. The molecule has 0 spiro atoms. The van der Waals surface area contributed by atoms with E-state index in [0.29, 0.717) is 13.1 Å². The van der Waals surface area contributed by atoms with E-state index in [1.165, 1.54) is 11.1 Å². The zero-order valence-electron chi connectivity index (χ0n) is 8.03. The van der Waals surface area contributed by atoms with Crippen molar-refractivity contribution in [2.75, 3.05) is 0 Å². The van der Waals surface area contributed by atoms with Crippen LogP contribution < -0.4 is 0 Å². The molecule has 0 fully saturated rings. The van der Waals surface area contributed by atoms with Crippen LogP contribution in [0, 0.1) is 0 Å². The molecular weight excluding hydrogens is 198 g/mol. The molecule has 1 aromatic rings. The number of rotatable bonds is 1. The molecule has 0 aromatic heterocycles. The smallest absolute Gasteiger partial charge is 0.240 e. The fourth-order valence-electron chi connectivity index (χ4n) is 1.74. The number of benzene rings is 1. The van der Waals surface area contributed by atoms with Crippen molar-refractivity contribution in [1.82, 2.24) is 4.90 Å². The summed E-state index contributed by atoms with van der Waals surface area (Å²) >= 11 is 5.76. The topological polar surface area (TPSA) is 20.3 Å². The Labute approximate surface area is 88.5 Å². The van der Waals surface area contributed by atoms with E-state index >= 15 is 0 Å². The van der Waals surface area contributed by atoms with Crippen molar-refractivity contribution in [1.29, 1.82) is 0 Å². The monoisotopic (exact) mass is 209 g/mol. The summed E-state index contributed by atoms with van der Waals surface area (Å²) in [5, 5.41) is -0.427. The first-order chi connectivity index (χ1) is 6.68. The van der Waals surface area contributed by atoms with Gasteiger partial charge in [0.25, 0.3) is 0 Å². The maximum absolute atomic E-state index is 11.6. The van der Waals surface area contributed by atoms with Gasteiger partial charge in [-0.25, -0.2) is 0 Å². The van der Waals surface area contributed by atoms with Crippen LogP contribution in [0.2, 0.25) is 0 Å². The highest BCUT2D eigenvalue weighted by molar-refractivity contribution is 6.30. The van der Waals surface area contributed by atoms with Gasteiger partial charge in [0.15, 0.2) is 0 Å². The minimum atomic E-state index is -0.427. The molecule has 1 unspecified atom stereocenters. The molecule has 0 saturated heterocycles. The van der Waals surface area contributed by atoms with E-state index in [1.54, 1.807) is 11.8 Å². The number of carbonyl (C=O) groups is 1. The number of nitrogens with zero attached hydrogens (tertiary/aromatic N) is 1. The SMILES string of the molecule is CC(Cl)C(=O)N1Cc2ccccc2C1. The Hall–Kier alpha value is -1.02. The Morgan fingerprint density at radius 3 is 2.29 bits per heavy atom. The highest BCUT2D eigenvalue weighted by Gasteiger charge is 2.25. The van der Waals surface area contributed by atoms with E-state index in [4.69, 9.17) is 11.6 Å². The van der Waals surface area contributed by atoms with Gasteiger partial charge in [0.05, 0.1) is 0 Å². The number of hydrogen-bond acceptors (Lipinski definition) is 1. The third-order valence-corrected chi connectivity index (χ3v) is 2.68. The lowest BCUT2D eigenvalue weighted by molar-refractivity contribution is -0.131. The highest BCUT2D eigenvalue weighted by atomic mass is 35.5. The number of alkyl halides is 1. The first-order valence-electron chi connectivity index (χ1n) is 4.68. The van der Waals surface area contributed by atoms with E-state index in [0.717, 1.165) is 0 Å². The second-order valence-corrected chi connectivity index (χ2v) is 4.23. The van der Waals surface area contributed by atoms with Gasteiger partial charge >= 0.3 is 0 Å². The summed E-state index contributed by atoms with van der Waals surface area (Å²) in [4.78, 5) is 13.4. The van der Waals surface area contributed by atoms with Gasteiger partial charge in [-0.05, 0) is 18.1 Å². The summed E-state index contributed by atoms with van der Waals surface area (Å²) in [5.74, 6) is 0.0165. The van der Waals surface area contributed by atoms with Crippen LogP contribution in [0.4, 0.5) is 0 Å². The predicted octanol–water partition coefficient (Wildman–Crippen LogP) is 2.16. The molecule has 1 aliphatic heterocycles. The van der Waals surface area contributed by atoms with Crippen LogP contribution in [0.5, 0.6) is 0 Å². The van der Waals surface area contributed by atoms with Gasteiger partial charge in [0.1, 0.15) is 5.38 Å². The number of halogens is 1. The molecule has 0 saturated carbocycles. The summed E-state index contributed by atoms with van der Waals surface area (Å²) in [6.07, 6.45) is 0. The van der Waals surface area contributed by atoms with Gasteiger partial charge < -0.3 is 4.90 Å². The van der Waals surface area contributed by atoms with Crippen molar-refractivity contribution in [3.05, 3.63) is 35.4 Å². The second-order valence-electron chi connectivity index (χ2n) is 3.58. The Morgan fingerprint density at radius 1 is 1.36 bits per heavy atom. The average Bonchev–Trinajstić information content (AvgIpc) is 2.59. The molecule has 2 nitrogen and oxygen atoms in total. The lowest BCUT2D eigenvalue weighted by atomic mass is 10.1. The zero-order chi connectivity index (χ0) is 10.1. The quantitative estimate of drug-likeness (QED) is 0.650. The van der Waals surface area contributed by atoms with Crippen LogP contribution in [0.15, 0.2) is 24.3 Å². The third kappa shape index (κ3) is 1.62. The number of amides is 1. The number of hydrogen-bond donors (Lipinski definition) is 0. The maximum atomic E-state index is 11.6. The number of carbonyl (C=O) groups excluding carboxylic acids is 1. The highest BCUT2D eigenvalue weighted by Crippen LogP contribution is 2.23. The minimum absolute atomic E-state index is 0.0165. The number of fused-ring (bicyclic) bond motifs is 1. The summed E-state index contributed by atoms with van der Waals surface area (Å²) in [6, 6.07) is 8.11. The van der Waals surface area contributed by atoms with Gasteiger partial charge in [-0.1, -0.05) is 24.3 Å². The normalized spacial score (nSPS) is 16.6. The zero-order valence-corrected chi connectivity index (χ0v) is 8.79. The largest absolute Gasteiger partial charge is 0.333 e. The van der Waals surface area contributed by atoms with Crippen LogP contribution in [-0.4, -0.2) is 16.2 Å². The van der Waals surface area contributed by atoms with E-state index in [1.807, 2.05) is 12.1 Å². The summed E-state index contributed by atoms with van der Waals surface area (Å²) in [7, 11) is 0. The van der Waals surface area contributed by atoms with Crippen LogP contribution in [0.1, 0.15) is 18.1 Å². The standard InChI is InChI=1S/C11H12ClNO/c1-8(12)11(14)13-6-9-4-2-3-5-10(9)7-13/h2-5,8H,6-7H2,1H3. The van der Waals surface area contributed by atoms with Crippen molar-refractivity contribution in [2.24, 2.45) is 0 Å². The van der Waals surface area contributed by atoms with Crippen LogP contribution in [0.25, 0.3) is 0 Å². The van der Waals surface area contributed by atoms with Crippen LogP contribution in [-0.2, 0) is 17.9 Å². The Balaban J connectivity index is 2.16. The first kappa shape index (κ1) is 9.53. The average molecular weight is 210 g/mol. The van der Waals surface area contributed by atoms with Crippen molar-refractivity contribution in [2.45, 2.75) is 25.4 Å². The van der Waals surface area contributed by atoms with E-state index in [9.17, 15) is 4.79 Å². The van der Waals surface area contributed by atoms with E-state index in [2.05, 4.69) is 12.1 Å². The Kier molecular flexibility index (Phi) is 2.46. The fraction of sp³-hybridized carbons (Fsp3) is 0.364. The van der Waals surface area contributed by atoms with Crippen molar-refractivity contribution < 1.29 is 4.79 Å². The molecule has 1 aliphatic rings. The molecule has 0 radical (unpaired) electrons. The molecular formula is C11H12ClNO. The molecule has 1 amide bonds. The molecule has 1 heterocycles. The molecule has 74 valence electrons. The third-order valence-electron chi connectivity index (χ3n) is 2.49. The predicted molar refractivity (Wildman–Crippen MR) is 56.0 cm³/mol. The molecule has 2 rings (SSSR count). The lowest BCUT2D eigenvalue weighted by Gasteiger charge is -2.16. The summed E-state index contributed by atoms with van der Waals surface area (Å²) in [5.41, 5.74) is 2.47. The van der Waals surface area contributed by atoms with E-state index < -0.39 is 5.38 Å². The molecule has 0 N–H and O–H groups in total.